The molecule has 0 fully saturated rings. The summed E-state index contributed by atoms with van der Waals surface area (Å²) in [5.74, 6) is -0.857. The molecule has 4 heteroatoms. The molecule has 0 aliphatic rings. The van der Waals surface area contributed by atoms with E-state index in [1.807, 2.05) is 25.9 Å². The molecule has 0 radical (unpaired) electrons. The number of carbonyl (C=O) groups is 1. The largest absolute Gasteiger partial charge is 0.348 e. The fourth-order valence-electron chi connectivity index (χ4n) is 1.54. The van der Waals surface area contributed by atoms with Crippen LogP contribution in [0, 0.1) is 5.82 Å². The maximum atomic E-state index is 13.3. The van der Waals surface area contributed by atoms with E-state index < -0.39 is 5.82 Å². The van der Waals surface area contributed by atoms with E-state index in [1.165, 1.54) is 12.1 Å². The molecular formula is C12H17FN2O. The lowest BCUT2D eigenvalue weighted by molar-refractivity contribution is 0.0930. The summed E-state index contributed by atoms with van der Waals surface area (Å²) in [4.78, 5) is 13.7. The summed E-state index contributed by atoms with van der Waals surface area (Å²) in [6.45, 7) is 2.61. The van der Waals surface area contributed by atoms with Gasteiger partial charge < -0.3 is 10.2 Å². The van der Waals surface area contributed by atoms with Crippen LogP contribution in [0.2, 0.25) is 0 Å². The first-order valence-electron chi connectivity index (χ1n) is 5.21. The molecule has 1 amide bonds. The monoisotopic (exact) mass is 224 g/mol. The van der Waals surface area contributed by atoms with E-state index in [-0.39, 0.29) is 17.5 Å². The number of halogens is 1. The number of amides is 1. The standard InChI is InChI=1S/C12H17FN2O/c1-9(8-15(2)3)14-12(16)10-6-4-5-7-11(10)13/h4-7,9H,8H2,1-3H3,(H,14,16). The summed E-state index contributed by atoms with van der Waals surface area (Å²) in [7, 11) is 3.84. The molecule has 0 saturated heterocycles. The third kappa shape index (κ3) is 3.62. The average molecular weight is 224 g/mol. The van der Waals surface area contributed by atoms with Crippen LogP contribution in [-0.2, 0) is 0 Å². The van der Waals surface area contributed by atoms with Crippen LogP contribution in [0.25, 0.3) is 0 Å². The van der Waals surface area contributed by atoms with E-state index in [1.54, 1.807) is 12.1 Å². The number of likely N-dealkylation sites (N-methyl/N-ethyl adjacent to an activating group) is 1. The number of carbonyl (C=O) groups excluding carboxylic acids is 1. The van der Waals surface area contributed by atoms with Crippen LogP contribution in [0.5, 0.6) is 0 Å². The van der Waals surface area contributed by atoms with E-state index in [0.29, 0.717) is 0 Å². The molecule has 0 aliphatic carbocycles. The number of hydrogen-bond donors (Lipinski definition) is 1. The fourth-order valence-corrected chi connectivity index (χ4v) is 1.54. The summed E-state index contributed by atoms with van der Waals surface area (Å²) >= 11 is 0. The highest BCUT2D eigenvalue weighted by Crippen LogP contribution is 2.06. The molecule has 1 N–H and O–H groups in total. The van der Waals surface area contributed by atoms with E-state index in [2.05, 4.69) is 5.32 Å². The zero-order valence-electron chi connectivity index (χ0n) is 9.83. The molecule has 1 rings (SSSR count). The van der Waals surface area contributed by atoms with Gasteiger partial charge in [0, 0.05) is 12.6 Å². The first kappa shape index (κ1) is 12.6. The average Bonchev–Trinajstić information content (AvgIpc) is 2.16. The number of nitrogens with one attached hydrogen (secondary N) is 1. The Morgan fingerprint density at radius 1 is 1.44 bits per heavy atom. The Bertz CT molecular complexity index is 366. The molecule has 0 aliphatic heterocycles. The van der Waals surface area contributed by atoms with Crippen LogP contribution in [0.15, 0.2) is 24.3 Å². The van der Waals surface area contributed by atoms with Gasteiger partial charge in [0.25, 0.3) is 5.91 Å². The van der Waals surface area contributed by atoms with E-state index in [0.717, 1.165) is 6.54 Å². The van der Waals surface area contributed by atoms with Gasteiger partial charge in [-0.3, -0.25) is 4.79 Å². The highest BCUT2D eigenvalue weighted by molar-refractivity contribution is 5.94. The molecule has 0 saturated carbocycles. The first-order valence-corrected chi connectivity index (χ1v) is 5.21. The van der Waals surface area contributed by atoms with Crippen molar-refractivity contribution in [3.8, 4) is 0 Å². The van der Waals surface area contributed by atoms with Crippen LogP contribution >= 0.6 is 0 Å². The van der Waals surface area contributed by atoms with Gasteiger partial charge in [-0.15, -0.1) is 0 Å². The topological polar surface area (TPSA) is 32.3 Å². The molecule has 1 atom stereocenters. The molecule has 0 spiro atoms. The minimum Gasteiger partial charge on any atom is -0.348 e. The summed E-state index contributed by atoms with van der Waals surface area (Å²) in [5, 5.41) is 2.75. The van der Waals surface area contributed by atoms with Gasteiger partial charge >= 0.3 is 0 Å². The highest BCUT2D eigenvalue weighted by atomic mass is 19.1. The summed E-state index contributed by atoms with van der Waals surface area (Å²) in [6, 6.07) is 5.96. The third-order valence-electron chi connectivity index (χ3n) is 2.13. The maximum absolute atomic E-state index is 13.3. The Labute approximate surface area is 95.3 Å². The molecule has 3 nitrogen and oxygen atoms in total. The zero-order valence-corrected chi connectivity index (χ0v) is 9.83. The van der Waals surface area contributed by atoms with Crippen LogP contribution in [0.3, 0.4) is 0 Å². The van der Waals surface area contributed by atoms with E-state index in [9.17, 15) is 9.18 Å². The second-order valence-electron chi connectivity index (χ2n) is 4.12. The molecule has 16 heavy (non-hydrogen) atoms. The van der Waals surface area contributed by atoms with E-state index in [4.69, 9.17) is 0 Å². The lowest BCUT2D eigenvalue weighted by Gasteiger charge is -2.18. The number of rotatable bonds is 4. The van der Waals surface area contributed by atoms with Gasteiger partial charge in [0.15, 0.2) is 0 Å². The molecule has 0 bridgehead atoms. The number of nitrogens with zero attached hydrogens (tertiary/aromatic N) is 1. The van der Waals surface area contributed by atoms with Crippen molar-refractivity contribution in [2.75, 3.05) is 20.6 Å². The van der Waals surface area contributed by atoms with Crippen molar-refractivity contribution in [3.63, 3.8) is 0 Å². The second-order valence-corrected chi connectivity index (χ2v) is 4.12. The molecule has 88 valence electrons. The van der Waals surface area contributed by atoms with Crippen LogP contribution in [0.4, 0.5) is 4.39 Å². The smallest absolute Gasteiger partial charge is 0.254 e. The Hall–Kier alpha value is -1.42. The predicted molar refractivity (Wildman–Crippen MR) is 61.9 cm³/mol. The van der Waals surface area contributed by atoms with Gasteiger partial charge in [0.05, 0.1) is 5.56 Å². The van der Waals surface area contributed by atoms with Crippen molar-refractivity contribution in [2.24, 2.45) is 0 Å². The first-order chi connectivity index (χ1) is 7.50. The lowest BCUT2D eigenvalue weighted by atomic mass is 10.2. The van der Waals surface area contributed by atoms with Gasteiger partial charge in [-0.2, -0.15) is 0 Å². The fraction of sp³-hybridized carbons (Fsp3) is 0.417. The normalized spacial score (nSPS) is 12.6. The van der Waals surface area contributed by atoms with Gasteiger partial charge in [-0.05, 0) is 33.2 Å². The lowest BCUT2D eigenvalue weighted by Crippen LogP contribution is -2.39. The van der Waals surface area contributed by atoms with Gasteiger partial charge in [-0.1, -0.05) is 12.1 Å². The summed E-state index contributed by atoms with van der Waals surface area (Å²) < 4.78 is 13.3. The Morgan fingerprint density at radius 3 is 2.62 bits per heavy atom. The molecule has 1 unspecified atom stereocenters. The highest BCUT2D eigenvalue weighted by Gasteiger charge is 2.13. The van der Waals surface area contributed by atoms with Gasteiger partial charge in [0.2, 0.25) is 0 Å². The van der Waals surface area contributed by atoms with Crippen molar-refractivity contribution < 1.29 is 9.18 Å². The van der Waals surface area contributed by atoms with Crippen molar-refractivity contribution in [2.45, 2.75) is 13.0 Å². The van der Waals surface area contributed by atoms with Crippen LogP contribution < -0.4 is 5.32 Å². The molecule has 1 aromatic carbocycles. The third-order valence-corrected chi connectivity index (χ3v) is 2.13. The van der Waals surface area contributed by atoms with Crippen LogP contribution in [0.1, 0.15) is 17.3 Å². The maximum Gasteiger partial charge on any atom is 0.254 e. The quantitative estimate of drug-likeness (QED) is 0.840. The van der Waals surface area contributed by atoms with Crippen molar-refractivity contribution in [3.05, 3.63) is 35.6 Å². The zero-order chi connectivity index (χ0) is 12.1. The Kier molecular flexibility index (Phi) is 4.43. The second kappa shape index (κ2) is 5.61. The van der Waals surface area contributed by atoms with Gasteiger partial charge in [-0.25, -0.2) is 4.39 Å². The van der Waals surface area contributed by atoms with E-state index >= 15 is 0 Å². The minimum atomic E-state index is -0.489. The van der Waals surface area contributed by atoms with Crippen molar-refractivity contribution >= 4 is 5.91 Å². The number of benzene rings is 1. The Morgan fingerprint density at radius 2 is 2.06 bits per heavy atom. The van der Waals surface area contributed by atoms with Crippen molar-refractivity contribution in [1.82, 2.24) is 10.2 Å². The number of hydrogen-bond acceptors (Lipinski definition) is 2. The molecular weight excluding hydrogens is 207 g/mol. The predicted octanol–water partition coefficient (Wildman–Crippen LogP) is 1.51. The SMILES string of the molecule is CC(CN(C)C)NC(=O)c1ccccc1F. The van der Waals surface area contributed by atoms with Gasteiger partial charge in [0.1, 0.15) is 5.82 Å². The molecule has 0 heterocycles. The molecule has 0 aromatic heterocycles. The summed E-state index contributed by atoms with van der Waals surface area (Å²) in [6.07, 6.45) is 0. The van der Waals surface area contributed by atoms with Crippen LogP contribution in [-0.4, -0.2) is 37.5 Å². The summed E-state index contributed by atoms with van der Waals surface area (Å²) in [5.41, 5.74) is 0.0908. The Balaban J connectivity index is 2.63. The minimum absolute atomic E-state index is 0.0119. The molecule has 1 aromatic rings. The van der Waals surface area contributed by atoms with Crippen molar-refractivity contribution in [1.29, 1.82) is 0 Å².